The molecule has 0 bridgehead atoms. The van der Waals surface area contributed by atoms with E-state index >= 15 is 0 Å². The molecule has 0 saturated heterocycles. The molecule has 0 radical (unpaired) electrons. The highest BCUT2D eigenvalue weighted by atomic mass is 32.2. The third-order valence-electron chi connectivity index (χ3n) is 2.91. The van der Waals surface area contributed by atoms with E-state index in [0.717, 1.165) is 25.1 Å². The molecule has 114 valence electrons. The number of aliphatic hydroxyl groups excluding tert-OH is 1. The first kappa shape index (κ1) is 17.1. The zero-order valence-electron chi connectivity index (χ0n) is 12.3. The third kappa shape index (κ3) is 7.62. The number of benzene rings is 1. The van der Waals surface area contributed by atoms with Gasteiger partial charge < -0.3 is 15.2 Å². The fourth-order valence-electron chi connectivity index (χ4n) is 1.78. The van der Waals surface area contributed by atoms with Crippen LogP contribution in [0, 0.1) is 0 Å². The predicted octanol–water partition coefficient (Wildman–Crippen LogP) is 1.35. The largest absolute Gasteiger partial charge is 0.491 e. The fourth-order valence-corrected chi connectivity index (χ4v) is 2.33. The van der Waals surface area contributed by atoms with Crippen LogP contribution in [-0.4, -0.2) is 47.1 Å². The normalized spacial score (nSPS) is 13.9. The Kier molecular flexibility index (Phi) is 8.49. The van der Waals surface area contributed by atoms with E-state index in [2.05, 4.69) is 18.3 Å². The van der Waals surface area contributed by atoms with Crippen LogP contribution in [0.25, 0.3) is 0 Å². The van der Waals surface area contributed by atoms with Gasteiger partial charge in [0.25, 0.3) is 0 Å². The van der Waals surface area contributed by atoms with Gasteiger partial charge in [0.15, 0.2) is 0 Å². The van der Waals surface area contributed by atoms with Crippen molar-refractivity contribution in [3.05, 3.63) is 29.8 Å². The first-order valence-electron chi connectivity index (χ1n) is 7.02. The summed E-state index contributed by atoms with van der Waals surface area (Å²) in [7, 11) is -0.739. The van der Waals surface area contributed by atoms with Crippen LogP contribution in [0.4, 0.5) is 0 Å². The summed E-state index contributed by atoms with van der Waals surface area (Å²) < 4.78 is 16.4. The maximum absolute atomic E-state index is 10.9. The second kappa shape index (κ2) is 9.91. The molecular formula is C15H25NO3S. The lowest BCUT2D eigenvalue weighted by atomic mass is 10.2. The van der Waals surface area contributed by atoms with Crippen LogP contribution in [-0.2, 0) is 17.2 Å². The molecule has 0 fully saturated rings. The lowest BCUT2D eigenvalue weighted by Gasteiger charge is -2.13. The van der Waals surface area contributed by atoms with Crippen molar-refractivity contribution in [3.8, 4) is 5.75 Å². The number of nitrogens with one attached hydrogen (secondary N) is 1. The molecule has 0 aliphatic heterocycles. The van der Waals surface area contributed by atoms with Crippen molar-refractivity contribution in [1.82, 2.24) is 5.32 Å². The topological polar surface area (TPSA) is 58.6 Å². The average molecular weight is 299 g/mol. The van der Waals surface area contributed by atoms with Crippen molar-refractivity contribution < 1.29 is 14.1 Å². The maximum atomic E-state index is 10.9. The molecule has 2 N–H and O–H groups in total. The highest BCUT2D eigenvalue weighted by molar-refractivity contribution is 7.84. The van der Waals surface area contributed by atoms with Crippen molar-refractivity contribution in [1.29, 1.82) is 0 Å². The summed E-state index contributed by atoms with van der Waals surface area (Å²) in [6.45, 7) is 3.63. The Balaban J connectivity index is 2.15. The van der Waals surface area contributed by atoms with Gasteiger partial charge in [-0.15, -0.1) is 0 Å². The first-order chi connectivity index (χ1) is 9.61. The molecule has 0 aromatic heterocycles. The number of aryl methyl sites for hydroxylation is 1. The van der Waals surface area contributed by atoms with E-state index in [9.17, 15) is 9.32 Å². The molecule has 1 aromatic carbocycles. The van der Waals surface area contributed by atoms with Gasteiger partial charge in [0.2, 0.25) is 0 Å². The van der Waals surface area contributed by atoms with E-state index in [4.69, 9.17) is 4.74 Å². The summed E-state index contributed by atoms with van der Waals surface area (Å²) in [6, 6.07) is 7.92. The number of hydrogen-bond acceptors (Lipinski definition) is 4. The molecule has 4 nitrogen and oxygen atoms in total. The van der Waals surface area contributed by atoms with E-state index in [1.165, 1.54) is 5.56 Å². The summed E-state index contributed by atoms with van der Waals surface area (Å²) in [5, 5.41) is 12.9. The van der Waals surface area contributed by atoms with Crippen molar-refractivity contribution >= 4 is 10.8 Å². The van der Waals surface area contributed by atoms with Crippen LogP contribution in [0.5, 0.6) is 5.75 Å². The van der Waals surface area contributed by atoms with Gasteiger partial charge in [-0.3, -0.25) is 4.21 Å². The smallest absolute Gasteiger partial charge is 0.119 e. The Morgan fingerprint density at radius 2 is 2.25 bits per heavy atom. The summed E-state index contributed by atoms with van der Waals surface area (Å²) in [5.41, 5.74) is 1.22. The van der Waals surface area contributed by atoms with Crippen LogP contribution in [0.2, 0.25) is 0 Å². The lowest BCUT2D eigenvalue weighted by molar-refractivity contribution is 0.106. The maximum Gasteiger partial charge on any atom is 0.119 e. The van der Waals surface area contributed by atoms with Gasteiger partial charge >= 0.3 is 0 Å². The average Bonchev–Trinajstić information content (AvgIpc) is 2.44. The number of rotatable bonds is 10. The monoisotopic (exact) mass is 299 g/mol. The Bertz CT molecular complexity index is 412. The lowest BCUT2D eigenvalue weighted by Crippen LogP contribution is -2.32. The molecule has 5 heteroatoms. The quantitative estimate of drug-likeness (QED) is 0.640. The van der Waals surface area contributed by atoms with E-state index in [-0.39, 0.29) is 6.61 Å². The van der Waals surface area contributed by atoms with Crippen molar-refractivity contribution in [2.45, 2.75) is 25.9 Å². The summed E-state index contributed by atoms with van der Waals surface area (Å²) in [6.07, 6.45) is 3.00. The zero-order valence-corrected chi connectivity index (χ0v) is 13.1. The highest BCUT2D eigenvalue weighted by Crippen LogP contribution is 2.13. The summed E-state index contributed by atoms with van der Waals surface area (Å²) >= 11 is 0. The fraction of sp³-hybridized carbons (Fsp3) is 0.600. The van der Waals surface area contributed by atoms with Crippen molar-refractivity contribution in [2.24, 2.45) is 0 Å². The molecular weight excluding hydrogens is 274 g/mol. The Morgan fingerprint density at radius 1 is 1.45 bits per heavy atom. The van der Waals surface area contributed by atoms with Crippen LogP contribution in [0.1, 0.15) is 18.9 Å². The Labute approximate surface area is 124 Å². The molecule has 0 aliphatic rings. The standard InChI is InChI=1S/C15H25NO3S/c1-3-13-6-4-7-15(10-13)19-12-14(17)11-16-8-5-9-20(2)18/h4,6-7,10,14,16-17H,3,5,8-9,11-12H2,1-2H3. The number of ether oxygens (including phenoxy) is 1. The molecule has 0 heterocycles. The molecule has 20 heavy (non-hydrogen) atoms. The van der Waals surface area contributed by atoms with Gasteiger partial charge in [0.05, 0.1) is 0 Å². The molecule has 0 saturated carbocycles. The zero-order chi connectivity index (χ0) is 14.8. The van der Waals surface area contributed by atoms with Gasteiger partial charge in [0, 0.05) is 29.4 Å². The van der Waals surface area contributed by atoms with Crippen LogP contribution in [0.3, 0.4) is 0 Å². The van der Waals surface area contributed by atoms with Gasteiger partial charge in [-0.05, 0) is 37.1 Å². The Morgan fingerprint density at radius 3 is 2.95 bits per heavy atom. The molecule has 0 spiro atoms. The van der Waals surface area contributed by atoms with E-state index in [1.807, 2.05) is 18.2 Å². The molecule has 1 rings (SSSR count). The summed E-state index contributed by atoms with van der Waals surface area (Å²) in [4.78, 5) is 0. The molecule has 0 amide bonds. The Hall–Kier alpha value is -0.910. The second-order valence-electron chi connectivity index (χ2n) is 4.80. The molecule has 1 aromatic rings. The van der Waals surface area contributed by atoms with Crippen LogP contribution in [0.15, 0.2) is 24.3 Å². The SMILES string of the molecule is CCc1cccc(OCC(O)CNCCCS(C)=O)c1. The minimum Gasteiger partial charge on any atom is -0.491 e. The third-order valence-corrected chi connectivity index (χ3v) is 3.78. The van der Waals surface area contributed by atoms with E-state index < -0.39 is 16.9 Å². The van der Waals surface area contributed by atoms with Gasteiger partial charge in [-0.1, -0.05) is 19.1 Å². The van der Waals surface area contributed by atoms with E-state index in [0.29, 0.717) is 12.3 Å². The molecule has 0 aliphatic carbocycles. The minimum absolute atomic E-state index is 0.278. The first-order valence-corrected chi connectivity index (χ1v) is 8.75. The van der Waals surface area contributed by atoms with Crippen LogP contribution < -0.4 is 10.1 Å². The van der Waals surface area contributed by atoms with Crippen molar-refractivity contribution in [3.63, 3.8) is 0 Å². The molecule has 2 atom stereocenters. The number of hydrogen-bond donors (Lipinski definition) is 2. The van der Waals surface area contributed by atoms with Crippen molar-refractivity contribution in [2.75, 3.05) is 31.7 Å². The number of aliphatic hydroxyl groups is 1. The van der Waals surface area contributed by atoms with E-state index in [1.54, 1.807) is 6.26 Å². The minimum atomic E-state index is -0.739. The highest BCUT2D eigenvalue weighted by Gasteiger charge is 2.05. The summed E-state index contributed by atoms with van der Waals surface area (Å²) in [5.74, 6) is 1.49. The van der Waals surface area contributed by atoms with Gasteiger partial charge in [0.1, 0.15) is 18.5 Å². The van der Waals surface area contributed by atoms with Gasteiger partial charge in [-0.2, -0.15) is 0 Å². The predicted molar refractivity (Wildman–Crippen MR) is 83.7 cm³/mol. The van der Waals surface area contributed by atoms with Gasteiger partial charge in [-0.25, -0.2) is 0 Å². The van der Waals surface area contributed by atoms with Crippen LogP contribution >= 0.6 is 0 Å². The second-order valence-corrected chi connectivity index (χ2v) is 6.36. The molecule has 2 unspecified atom stereocenters.